The van der Waals surface area contributed by atoms with Gasteiger partial charge in [-0.3, -0.25) is 19.2 Å². The number of ether oxygens (including phenoxy) is 2. The molecule has 1 aliphatic rings. The van der Waals surface area contributed by atoms with Crippen molar-refractivity contribution in [1.29, 1.82) is 0 Å². The average molecular weight is 754 g/mol. The maximum atomic E-state index is 11.9. The molecule has 47 heavy (non-hydrogen) atoms. The number of carbonyl (C=O) groups is 4. The zero-order valence-corrected chi connectivity index (χ0v) is 34.9. The molecule has 1 saturated heterocycles. The zero-order chi connectivity index (χ0) is 36.7. The van der Waals surface area contributed by atoms with Gasteiger partial charge in [0.1, 0.15) is 6.67 Å². The van der Waals surface area contributed by atoms with Crippen molar-refractivity contribution in [2.75, 3.05) is 47.6 Å². The van der Waals surface area contributed by atoms with E-state index in [-0.39, 0.29) is 76.0 Å². The van der Waals surface area contributed by atoms with Crippen molar-refractivity contribution in [3.05, 3.63) is 5.73 Å². The fourth-order valence-electron chi connectivity index (χ4n) is 4.49. The Morgan fingerprint density at radius 1 is 0.957 bits per heavy atom. The van der Waals surface area contributed by atoms with Crippen LogP contribution < -0.4 is 10.6 Å². The quantitative estimate of drug-likeness (QED) is 0.148. The molecule has 0 aromatic heterocycles. The first-order valence-electron chi connectivity index (χ1n) is 16.8. The van der Waals surface area contributed by atoms with E-state index in [2.05, 4.69) is 66.0 Å². The summed E-state index contributed by atoms with van der Waals surface area (Å²) in [7, 11) is 5.17. The van der Waals surface area contributed by atoms with Crippen LogP contribution in [0.15, 0.2) is 0 Å². The number of amides is 4. The SMILES string of the molecule is CC(C)C(C)[NH-].CCC.CCC(C)C(C(CC)OC)N(C)C(=O)CNC=O.COC(C(C)C)C1CCCN1C=O.O=CNCCF.[Y]. The van der Waals surface area contributed by atoms with Crippen molar-refractivity contribution in [2.45, 2.75) is 132 Å². The summed E-state index contributed by atoms with van der Waals surface area (Å²) in [5, 5.41) is 4.55. The summed E-state index contributed by atoms with van der Waals surface area (Å²) in [5.74, 6) is 1.24. The van der Waals surface area contributed by atoms with Gasteiger partial charge in [0.25, 0.3) is 0 Å². The number of alkyl halides is 1. The molecule has 1 aliphatic heterocycles. The maximum absolute atomic E-state index is 11.9. The van der Waals surface area contributed by atoms with Gasteiger partial charge in [-0.05, 0) is 31.1 Å². The van der Waals surface area contributed by atoms with Crippen LogP contribution in [0.3, 0.4) is 0 Å². The van der Waals surface area contributed by atoms with Gasteiger partial charge in [0.05, 0.1) is 30.8 Å². The molecule has 0 saturated carbocycles. The van der Waals surface area contributed by atoms with Crippen molar-refractivity contribution >= 4 is 25.1 Å². The first kappa shape index (κ1) is 55.2. The number of rotatable bonds is 17. The number of methoxy groups -OCH3 is 2. The van der Waals surface area contributed by atoms with Gasteiger partial charge in [0, 0.05) is 67.1 Å². The average Bonchev–Trinajstić information content (AvgIpc) is 3.50. The van der Waals surface area contributed by atoms with Crippen LogP contribution in [0.1, 0.15) is 101 Å². The number of hydrogen-bond donors (Lipinski definition) is 2. The van der Waals surface area contributed by atoms with E-state index in [1.54, 1.807) is 26.2 Å². The molecular formula is C34H71FN5O6Y-. The molecule has 0 bridgehead atoms. The third-order valence-electron chi connectivity index (χ3n) is 7.60. The Bertz CT molecular complexity index is 714. The first-order chi connectivity index (χ1) is 21.7. The normalized spacial score (nSPS) is 16.3. The molecule has 0 aliphatic carbocycles. The molecule has 279 valence electrons. The molecule has 0 spiro atoms. The number of hydrogen-bond acceptors (Lipinski definition) is 6. The molecule has 1 radical (unpaired) electrons. The molecule has 0 aromatic rings. The Kier molecular flexibility index (Phi) is 44.2. The topological polar surface area (TPSA) is 141 Å². The van der Waals surface area contributed by atoms with Crippen LogP contribution in [0, 0.1) is 17.8 Å². The van der Waals surface area contributed by atoms with E-state index in [9.17, 15) is 23.6 Å². The Balaban J connectivity index is -0.000000176. The minimum absolute atomic E-state index is 0. The van der Waals surface area contributed by atoms with Gasteiger partial charge in [-0.15, -0.1) is 6.04 Å². The van der Waals surface area contributed by atoms with E-state index in [1.807, 2.05) is 18.7 Å². The molecular weight excluding hydrogens is 682 g/mol. The second-order valence-electron chi connectivity index (χ2n) is 12.1. The summed E-state index contributed by atoms with van der Waals surface area (Å²) >= 11 is 0. The molecule has 3 N–H and O–H groups in total. The van der Waals surface area contributed by atoms with Crippen LogP contribution in [-0.2, 0) is 61.4 Å². The van der Waals surface area contributed by atoms with Gasteiger partial charge >= 0.3 is 0 Å². The van der Waals surface area contributed by atoms with Crippen molar-refractivity contribution in [3.63, 3.8) is 0 Å². The third kappa shape index (κ3) is 28.3. The van der Waals surface area contributed by atoms with Crippen molar-refractivity contribution in [2.24, 2.45) is 17.8 Å². The van der Waals surface area contributed by atoms with Crippen LogP contribution in [-0.4, -0.2) is 113 Å². The summed E-state index contributed by atoms with van der Waals surface area (Å²) in [6, 6.07) is 0.429. The fraction of sp³-hybridized carbons (Fsp3) is 0.882. The second kappa shape index (κ2) is 37.6. The minimum Gasteiger partial charge on any atom is -0.675 e. The summed E-state index contributed by atoms with van der Waals surface area (Å²) in [4.78, 5) is 45.8. The van der Waals surface area contributed by atoms with Crippen LogP contribution >= 0.6 is 0 Å². The van der Waals surface area contributed by atoms with E-state index in [0.717, 1.165) is 38.6 Å². The summed E-state index contributed by atoms with van der Waals surface area (Å²) in [6.45, 7) is 21.4. The number of likely N-dealkylation sites (tertiary alicyclic amines) is 1. The number of nitrogens with zero attached hydrogens (tertiary/aromatic N) is 2. The molecule has 1 fully saturated rings. The third-order valence-corrected chi connectivity index (χ3v) is 7.60. The molecule has 1 rings (SSSR count). The second-order valence-corrected chi connectivity index (χ2v) is 12.1. The van der Waals surface area contributed by atoms with Gasteiger partial charge in [-0.25, -0.2) is 4.39 Å². The van der Waals surface area contributed by atoms with Gasteiger partial charge in [-0.1, -0.05) is 88.0 Å². The van der Waals surface area contributed by atoms with E-state index >= 15 is 0 Å². The largest absolute Gasteiger partial charge is 0.675 e. The van der Waals surface area contributed by atoms with E-state index < -0.39 is 6.67 Å². The van der Waals surface area contributed by atoms with Gasteiger partial charge in [0.15, 0.2) is 0 Å². The van der Waals surface area contributed by atoms with Crippen LogP contribution in [0.2, 0.25) is 0 Å². The zero-order valence-electron chi connectivity index (χ0n) is 32.0. The van der Waals surface area contributed by atoms with E-state index in [4.69, 9.17) is 15.2 Å². The predicted octanol–water partition coefficient (Wildman–Crippen LogP) is 5.51. The molecule has 11 nitrogen and oxygen atoms in total. The van der Waals surface area contributed by atoms with Gasteiger partial charge < -0.3 is 35.6 Å². The van der Waals surface area contributed by atoms with E-state index in [0.29, 0.717) is 36.6 Å². The van der Waals surface area contributed by atoms with Crippen molar-refractivity contribution < 1.29 is 65.8 Å². The Hall–Kier alpha value is -1.21. The molecule has 13 heteroatoms. The molecule has 1 heterocycles. The Morgan fingerprint density at radius 2 is 1.47 bits per heavy atom. The monoisotopic (exact) mass is 753 g/mol. The minimum atomic E-state index is -0.487. The maximum Gasteiger partial charge on any atom is 0.242 e. The number of nitrogens with one attached hydrogen (secondary N) is 3. The van der Waals surface area contributed by atoms with Crippen LogP contribution in [0.4, 0.5) is 4.39 Å². The number of carbonyl (C=O) groups excluding carboxylic acids is 4. The predicted molar refractivity (Wildman–Crippen MR) is 187 cm³/mol. The Morgan fingerprint density at radius 3 is 1.77 bits per heavy atom. The molecule has 6 unspecified atom stereocenters. The summed E-state index contributed by atoms with van der Waals surface area (Å²) < 4.78 is 21.9. The standard InChI is InChI=1S/C13H26N2O3.C10H19NO2.C5H12N.C3H6FNO.C3H8.Y/c1-6-10(3)13(11(7-2)18-5)15(4)12(17)8-14-9-16;1-8(2)10(13-3)9-5-4-6-11(9)7-12;1-4(2)5(3)6;4-1-2-5-3-6;1-3-2;/h9-11,13H,6-8H2,1-5H3,(H,14,16);7-10H,4-6H2,1-3H3;4-6H,1-3H3;3H,1-2H2,(H,5,6);3H2,1-2H3;/q;;-1;;;. The number of halogens is 1. The Labute approximate surface area is 312 Å². The summed E-state index contributed by atoms with van der Waals surface area (Å²) in [5.41, 5.74) is 7.03. The number of likely N-dealkylation sites (N-methyl/N-ethyl adjacent to an activating group) is 1. The smallest absolute Gasteiger partial charge is 0.242 e. The molecule has 0 aromatic carbocycles. The van der Waals surface area contributed by atoms with Gasteiger partial charge in [-0.2, -0.15) is 0 Å². The first-order valence-corrected chi connectivity index (χ1v) is 16.8. The van der Waals surface area contributed by atoms with Crippen LogP contribution in [0.25, 0.3) is 5.73 Å². The van der Waals surface area contributed by atoms with Crippen molar-refractivity contribution in [1.82, 2.24) is 20.4 Å². The van der Waals surface area contributed by atoms with Crippen LogP contribution in [0.5, 0.6) is 0 Å². The molecule has 6 atom stereocenters. The fourth-order valence-corrected chi connectivity index (χ4v) is 4.49. The van der Waals surface area contributed by atoms with E-state index in [1.165, 1.54) is 6.42 Å². The van der Waals surface area contributed by atoms with Gasteiger partial charge in [0.2, 0.25) is 25.1 Å². The summed E-state index contributed by atoms with van der Waals surface area (Å²) in [6.07, 6.45) is 7.43. The molecule has 4 amide bonds. The van der Waals surface area contributed by atoms with Crippen molar-refractivity contribution in [3.8, 4) is 0 Å².